The summed E-state index contributed by atoms with van der Waals surface area (Å²) in [4.78, 5) is 31.0. The number of amides is 2. The van der Waals surface area contributed by atoms with Crippen molar-refractivity contribution in [1.29, 1.82) is 0 Å². The number of thiazole rings is 1. The quantitative estimate of drug-likeness (QED) is 0.626. The lowest BCUT2D eigenvalue weighted by Crippen LogP contribution is -2.35. The Labute approximate surface area is 183 Å². The number of fused-ring (bicyclic) bond motifs is 1. The summed E-state index contributed by atoms with van der Waals surface area (Å²) in [6.45, 7) is 0.661. The fraction of sp³-hybridized carbons (Fsp3) is 0.227. The van der Waals surface area contributed by atoms with E-state index in [0.717, 1.165) is 35.3 Å². The molecular weight excluding hydrogens is 422 g/mol. The van der Waals surface area contributed by atoms with Crippen LogP contribution in [0, 0.1) is 0 Å². The minimum atomic E-state index is -0.237. The zero-order valence-electron chi connectivity index (χ0n) is 16.4. The zero-order chi connectivity index (χ0) is 21.1. The van der Waals surface area contributed by atoms with Crippen molar-refractivity contribution < 1.29 is 14.3 Å². The van der Waals surface area contributed by atoms with Crippen LogP contribution in [0.2, 0.25) is 5.02 Å². The Morgan fingerprint density at radius 3 is 2.93 bits per heavy atom. The molecule has 0 aliphatic carbocycles. The normalized spacial score (nSPS) is 13.1. The third-order valence-corrected chi connectivity index (χ3v) is 5.83. The molecule has 1 aliphatic heterocycles. The second-order valence-electron chi connectivity index (χ2n) is 6.93. The first-order valence-electron chi connectivity index (χ1n) is 9.50. The van der Waals surface area contributed by atoms with E-state index in [1.165, 1.54) is 18.4 Å². The molecule has 1 aromatic heterocycles. The molecule has 0 radical (unpaired) electrons. The number of nitrogens with one attached hydrogen (secondary N) is 1. The molecule has 2 aromatic carbocycles. The third kappa shape index (κ3) is 4.38. The monoisotopic (exact) mass is 441 g/mol. The van der Waals surface area contributed by atoms with Crippen molar-refractivity contribution in [3.05, 3.63) is 64.0 Å². The summed E-state index contributed by atoms with van der Waals surface area (Å²) in [5.41, 5.74) is 4.34. The zero-order valence-corrected chi connectivity index (χ0v) is 17.9. The smallest absolute Gasteiger partial charge is 0.258 e. The molecule has 0 unspecified atom stereocenters. The largest absolute Gasteiger partial charge is 0.375 e. The Bertz CT molecular complexity index is 1100. The highest BCUT2D eigenvalue weighted by Gasteiger charge is 2.24. The van der Waals surface area contributed by atoms with Crippen LogP contribution in [0.1, 0.15) is 22.3 Å². The number of hydrogen-bond acceptors (Lipinski definition) is 5. The maximum Gasteiger partial charge on any atom is 0.258 e. The number of ether oxygens (including phenoxy) is 1. The Balaban J connectivity index is 1.57. The lowest BCUT2D eigenvalue weighted by atomic mass is 9.97. The van der Waals surface area contributed by atoms with E-state index in [9.17, 15) is 9.59 Å². The van der Waals surface area contributed by atoms with Crippen LogP contribution >= 0.6 is 22.9 Å². The minimum Gasteiger partial charge on any atom is -0.375 e. The molecule has 4 rings (SSSR count). The molecular formula is C22H20ClN3O3S. The lowest BCUT2D eigenvalue weighted by Gasteiger charge is -2.30. The third-order valence-electron chi connectivity index (χ3n) is 4.84. The van der Waals surface area contributed by atoms with Gasteiger partial charge in [0.1, 0.15) is 6.61 Å². The van der Waals surface area contributed by atoms with E-state index in [1.807, 2.05) is 22.4 Å². The Kier molecular flexibility index (Phi) is 6.13. The number of anilines is 2. The molecule has 1 N–H and O–H groups in total. The number of aromatic nitrogens is 1. The average molecular weight is 442 g/mol. The van der Waals surface area contributed by atoms with Crippen molar-refractivity contribution in [2.75, 3.05) is 30.5 Å². The minimum absolute atomic E-state index is 0.00967. The maximum atomic E-state index is 13.0. The number of carbonyl (C=O) groups is 2. The number of methoxy groups -OCH3 is 1. The van der Waals surface area contributed by atoms with E-state index in [-0.39, 0.29) is 18.4 Å². The second kappa shape index (κ2) is 8.95. The van der Waals surface area contributed by atoms with Gasteiger partial charge in [-0.25, -0.2) is 4.98 Å². The summed E-state index contributed by atoms with van der Waals surface area (Å²) in [7, 11) is 1.47. The number of halogens is 1. The highest BCUT2D eigenvalue weighted by molar-refractivity contribution is 7.14. The van der Waals surface area contributed by atoms with Crippen LogP contribution in [0.4, 0.5) is 10.8 Å². The molecule has 0 saturated heterocycles. The van der Waals surface area contributed by atoms with E-state index < -0.39 is 0 Å². The molecule has 2 heterocycles. The number of nitrogens with zero attached hydrogens (tertiary/aromatic N) is 2. The molecule has 1 aliphatic rings. The molecule has 6 nitrogen and oxygen atoms in total. The van der Waals surface area contributed by atoms with E-state index >= 15 is 0 Å². The van der Waals surface area contributed by atoms with Crippen LogP contribution in [0.25, 0.3) is 11.3 Å². The summed E-state index contributed by atoms with van der Waals surface area (Å²) in [5.74, 6) is -0.290. The van der Waals surface area contributed by atoms with Crippen LogP contribution < -0.4 is 10.2 Å². The van der Waals surface area contributed by atoms with Crippen molar-refractivity contribution in [3.8, 4) is 11.3 Å². The van der Waals surface area contributed by atoms with Crippen molar-refractivity contribution in [3.63, 3.8) is 0 Å². The van der Waals surface area contributed by atoms with Gasteiger partial charge in [-0.15, -0.1) is 11.3 Å². The summed E-state index contributed by atoms with van der Waals surface area (Å²) >= 11 is 7.42. The average Bonchev–Trinajstić information content (AvgIpc) is 3.21. The summed E-state index contributed by atoms with van der Waals surface area (Å²) in [6, 6.07) is 13.0. The van der Waals surface area contributed by atoms with Crippen LogP contribution in [0.5, 0.6) is 0 Å². The molecule has 0 atom stereocenters. The highest BCUT2D eigenvalue weighted by atomic mass is 35.5. The predicted molar refractivity (Wildman–Crippen MR) is 120 cm³/mol. The van der Waals surface area contributed by atoms with E-state index in [4.69, 9.17) is 16.3 Å². The van der Waals surface area contributed by atoms with Gasteiger partial charge >= 0.3 is 0 Å². The molecule has 30 heavy (non-hydrogen) atoms. The first-order chi connectivity index (χ1) is 14.5. The molecule has 0 saturated carbocycles. The molecule has 3 aromatic rings. The Hall–Kier alpha value is -2.74. The standard InChI is InChI=1S/C22H20ClN3O3S/c1-29-12-20(27)25-22-24-18(13-30-22)14-7-8-19-15(10-14)5-3-9-26(19)21(28)16-4-2-6-17(23)11-16/h2,4,6-8,10-11,13H,3,5,9,12H2,1H3,(H,24,25,27). The number of hydrogen-bond donors (Lipinski definition) is 1. The van der Waals surface area contributed by atoms with Gasteiger partial charge < -0.3 is 9.64 Å². The molecule has 0 fully saturated rings. The van der Waals surface area contributed by atoms with Gasteiger partial charge in [0.2, 0.25) is 0 Å². The SMILES string of the molecule is COCC(=O)Nc1nc(-c2ccc3c(c2)CCCN3C(=O)c2cccc(Cl)c2)cs1. The molecule has 0 spiro atoms. The van der Waals surface area contributed by atoms with Gasteiger partial charge in [0.15, 0.2) is 5.13 Å². The van der Waals surface area contributed by atoms with Crippen LogP contribution in [-0.4, -0.2) is 37.1 Å². The van der Waals surface area contributed by atoms with Crippen molar-refractivity contribution >= 4 is 45.6 Å². The van der Waals surface area contributed by atoms with Gasteiger partial charge in [0.05, 0.1) is 5.69 Å². The fourth-order valence-corrected chi connectivity index (χ4v) is 4.42. The predicted octanol–water partition coefficient (Wildman–Crippen LogP) is 4.64. The molecule has 154 valence electrons. The Morgan fingerprint density at radius 1 is 1.27 bits per heavy atom. The first kappa shape index (κ1) is 20.5. The van der Waals surface area contributed by atoms with E-state index in [1.54, 1.807) is 24.3 Å². The molecule has 2 amide bonds. The number of aryl methyl sites for hydroxylation is 1. The Morgan fingerprint density at radius 2 is 2.13 bits per heavy atom. The fourth-order valence-electron chi connectivity index (χ4n) is 3.49. The number of carbonyl (C=O) groups excluding carboxylic acids is 2. The summed E-state index contributed by atoms with van der Waals surface area (Å²) in [6.07, 6.45) is 1.78. The number of rotatable bonds is 5. The van der Waals surface area contributed by atoms with Gasteiger partial charge in [-0.05, 0) is 48.7 Å². The second-order valence-corrected chi connectivity index (χ2v) is 8.23. The topological polar surface area (TPSA) is 71.5 Å². The van der Waals surface area contributed by atoms with Gasteiger partial charge in [0.25, 0.3) is 11.8 Å². The van der Waals surface area contributed by atoms with Gasteiger partial charge in [-0.2, -0.15) is 0 Å². The van der Waals surface area contributed by atoms with Crippen LogP contribution in [0.15, 0.2) is 47.8 Å². The van der Waals surface area contributed by atoms with Gasteiger partial charge in [-0.1, -0.05) is 23.7 Å². The van der Waals surface area contributed by atoms with Crippen LogP contribution in [0.3, 0.4) is 0 Å². The van der Waals surface area contributed by atoms with Crippen molar-refractivity contribution in [2.45, 2.75) is 12.8 Å². The molecule has 0 bridgehead atoms. The van der Waals surface area contributed by atoms with Gasteiger partial charge in [0, 0.05) is 40.9 Å². The van der Waals surface area contributed by atoms with Crippen molar-refractivity contribution in [1.82, 2.24) is 4.98 Å². The highest BCUT2D eigenvalue weighted by Crippen LogP contribution is 2.33. The maximum absolute atomic E-state index is 13.0. The summed E-state index contributed by atoms with van der Waals surface area (Å²) < 4.78 is 4.82. The first-order valence-corrected chi connectivity index (χ1v) is 10.8. The van der Waals surface area contributed by atoms with Crippen molar-refractivity contribution in [2.24, 2.45) is 0 Å². The lowest BCUT2D eigenvalue weighted by molar-refractivity contribution is -0.119. The molecule has 8 heteroatoms. The number of benzene rings is 2. The van der Waals surface area contributed by atoms with Gasteiger partial charge in [-0.3, -0.25) is 14.9 Å². The van der Waals surface area contributed by atoms with E-state index in [0.29, 0.717) is 22.3 Å². The van der Waals surface area contributed by atoms with E-state index in [2.05, 4.69) is 16.4 Å². The summed E-state index contributed by atoms with van der Waals surface area (Å²) in [5, 5.41) is 5.70. The van der Waals surface area contributed by atoms with Crippen LogP contribution in [-0.2, 0) is 16.0 Å².